The number of benzene rings is 1. The van der Waals surface area contributed by atoms with Crippen LogP contribution in [0.1, 0.15) is 29.1 Å². The predicted molar refractivity (Wildman–Crippen MR) is 95.7 cm³/mol. The summed E-state index contributed by atoms with van der Waals surface area (Å²) < 4.78 is 10.5. The van der Waals surface area contributed by atoms with Gasteiger partial charge in [-0.25, -0.2) is 4.98 Å². The minimum atomic E-state index is -0.121. The third-order valence-corrected chi connectivity index (χ3v) is 3.92. The Hall–Kier alpha value is -3.22. The van der Waals surface area contributed by atoms with Crippen LogP contribution in [-0.2, 0) is 13.0 Å². The first kappa shape index (κ1) is 17.6. The molecule has 7 nitrogen and oxygen atoms in total. The molecule has 26 heavy (non-hydrogen) atoms. The number of amides is 1. The maximum Gasteiger partial charge on any atom is 0.254 e. The van der Waals surface area contributed by atoms with Crippen molar-refractivity contribution in [3.63, 3.8) is 0 Å². The average molecular weight is 352 g/mol. The number of ether oxygens (including phenoxy) is 1. The van der Waals surface area contributed by atoms with E-state index < -0.39 is 0 Å². The van der Waals surface area contributed by atoms with Gasteiger partial charge in [0.15, 0.2) is 0 Å². The molecular weight excluding hydrogens is 332 g/mol. The average Bonchev–Trinajstić information content (AvgIpc) is 3.15. The van der Waals surface area contributed by atoms with Crippen molar-refractivity contribution in [2.75, 3.05) is 14.2 Å². The summed E-state index contributed by atoms with van der Waals surface area (Å²) in [6.07, 6.45) is 2.39. The molecule has 0 bridgehead atoms. The molecule has 1 aromatic carbocycles. The minimum Gasteiger partial charge on any atom is -0.481 e. The molecule has 0 saturated heterocycles. The van der Waals surface area contributed by atoms with Crippen molar-refractivity contribution in [1.82, 2.24) is 20.1 Å². The largest absolute Gasteiger partial charge is 0.481 e. The molecule has 0 aliphatic heterocycles. The topological polar surface area (TPSA) is 81.4 Å². The highest BCUT2D eigenvalue weighted by Crippen LogP contribution is 2.22. The van der Waals surface area contributed by atoms with Crippen LogP contribution in [0.4, 0.5) is 0 Å². The van der Waals surface area contributed by atoms with Gasteiger partial charge in [-0.1, -0.05) is 19.1 Å². The zero-order valence-corrected chi connectivity index (χ0v) is 15.0. The highest BCUT2D eigenvalue weighted by Gasteiger charge is 2.16. The number of hydrogen-bond acceptors (Lipinski definition) is 6. The van der Waals surface area contributed by atoms with E-state index in [0.717, 1.165) is 11.1 Å². The molecule has 0 aliphatic rings. The van der Waals surface area contributed by atoms with Crippen LogP contribution < -0.4 is 4.74 Å². The first-order chi connectivity index (χ1) is 12.6. The van der Waals surface area contributed by atoms with Crippen molar-refractivity contribution in [3.05, 3.63) is 59.9 Å². The highest BCUT2D eigenvalue weighted by molar-refractivity contribution is 5.95. The first-order valence-electron chi connectivity index (χ1n) is 8.28. The molecule has 1 amide bonds. The second-order valence-corrected chi connectivity index (χ2v) is 5.77. The lowest BCUT2D eigenvalue weighted by atomic mass is 10.0. The Balaban J connectivity index is 1.76. The van der Waals surface area contributed by atoms with Crippen LogP contribution in [0.3, 0.4) is 0 Å². The second kappa shape index (κ2) is 7.77. The Morgan fingerprint density at radius 3 is 2.62 bits per heavy atom. The molecular formula is C19H20N4O3. The van der Waals surface area contributed by atoms with Crippen LogP contribution in [0.25, 0.3) is 11.1 Å². The third kappa shape index (κ3) is 3.88. The summed E-state index contributed by atoms with van der Waals surface area (Å²) in [6, 6.07) is 11.1. The van der Waals surface area contributed by atoms with Gasteiger partial charge in [-0.05, 0) is 23.8 Å². The number of carbonyl (C=O) groups is 1. The van der Waals surface area contributed by atoms with Crippen LogP contribution in [0.2, 0.25) is 0 Å². The summed E-state index contributed by atoms with van der Waals surface area (Å²) in [5, 5.41) is 7.87. The van der Waals surface area contributed by atoms with Crippen LogP contribution in [0, 0.1) is 0 Å². The summed E-state index contributed by atoms with van der Waals surface area (Å²) in [4.78, 5) is 18.5. The van der Waals surface area contributed by atoms with Gasteiger partial charge < -0.3 is 14.1 Å². The number of aryl methyl sites for hydroxylation is 1. The summed E-state index contributed by atoms with van der Waals surface area (Å²) in [5.74, 6) is 1.42. The van der Waals surface area contributed by atoms with Gasteiger partial charge in [-0.15, -0.1) is 10.2 Å². The molecule has 0 radical (unpaired) electrons. The van der Waals surface area contributed by atoms with Crippen molar-refractivity contribution in [2.24, 2.45) is 0 Å². The molecule has 0 N–H and O–H groups in total. The summed E-state index contributed by atoms with van der Waals surface area (Å²) in [6.45, 7) is 2.20. The molecule has 0 fully saturated rings. The van der Waals surface area contributed by atoms with Gasteiger partial charge in [-0.2, -0.15) is 0 Å². The van der Waals surface area contributed by atoms with E-state index >= 15 is 0 Å². The Kier molecular flexibility index (Phi) is 5.26. The maximum atomic E-state index is 12.7. The van der Waals surface area contributed by atoms with Gasteiger partial charge in [0.2, 0.25) is 17.7 Å². The van der Waals surface area contributed by atoms with Crippen LogP contribution in [-0.4, -0.2) is 40.1 Å². The van der Waals surface area contributed by atoms with Crippen molar-refractivity contribution < 1.29 is 13.9 Å². The molecule has 3 aromatic rings. The number of pyridine rings is 1. The lowest BCUT2D eigenvalue weighted by Crippen LogP contribution is -2.26. The van der Waals surface area contributed by atoms with E-state index in [2.05, 4.69) is 15.2 Å². The number of methoxy groups -OCH3 is 1. The van der Waals surface area contributed by atoms with Gasteiger partial charge in [0.05, 0.1) is 13.7 Å². The fraction of sp³-hybridized carbons (Fsp3) is 0.263. The molecule has 0 saturated carbocycles. The quantitative estimate of drug-likeness (QED) is 0.678. The standard InChI is InChI=1S/C19H20N4O3/c1-4-16-21-22-18(26-16)12-23(2)19(24)14-7-5-6-13(10-14)15-8-9-17(25-3)20-11-15/h5-11H,4,12H2,1-3H3. The molecule has 134 valence electrons. The van der Waals surface area contributed by atoms with Crippen LogP contribution in [0.5, 0.6) is 5.88 Å². The zero-order chi connectivity index (χ0) is 18.5. The number of aromatic nitrogens is 3. The van der Waals surface area contributed by atoms with E-state index in [1.807, 2.05) is 31.2 Å². The van der Waals surface area contributed by atoms with Gasteiger partial charge in [0, 0.05) is 36.9 Å². The fourth-order valence-corrected chi connectivity index (χ4v) is 2.49. The smallest absolute Gasteiger partial charge is 0.254 e. The monoisotopic (exact) mass is 352 g/mol. The van der Waals surface area contributed by atoms with Gasteiger partial charge in [0.25, 0.3) is 5.91 Å². The van der Waals surface area contributed by atoms with E-state index in [1.165, 1.54) is 0 Å². The highest BCUT2D eigenvalue weighted by atomic mass is 16.5. The van der Waals surface area contributed by atoms with Gasteiger partial charge in [-0.3, -0.25) is 4.79 Å². The first-order valence-corrected chi connectivity index (χ1v) is 8.28. The molecule has 0 aliphatic carbocycles. The summed E-state index contributed by atoms with van der Waals surface area (Å²) in [7, 11) is 3.28. The van der Waals surface area contributed by atoms with Gasteiger partial charge >= 0.3 is 0 Å². The lowest BCUT2D eigenvalue weighted by molar-refractivity contribution is 0.0772. The van der Waals surface area contributed by atoms with E-state index in [-0.39, 0.29) is 12.5 Å². The van der Waals surface area contributed by atoms with E-state index in [4.69, 9.17) is 9.15 Å². The molecule has 2 aromatic heterocycles. The van der Waals surface area contributed by atoms with E-state index in [1.54, 1.807) is 37.4 Å². The summed E-state index contributed by atoms with van der Waals surface area (Å²) >= 11 is 0. The lowest BCUT2D eigenvalue weighted by Gasteiger charge is -2.15. The molecule has 0 unspecified atom stereocenters. The van der Waals surface area contributed by atoms with Crippen molar-refractivity contribution >= 4 is 5.91 Å². The Morgan fingerprint density at radius 1 is 1.15 bits per heavy atom. The van der Waals surface area contributed by atoms with E-state index in [9.17, 15) is 4.79 Å². The fourth-order valence-electron chi connectivity index (χ4n) is 2.49. The van der Waals surface area contributed by atoms with Crippen LogP contribution in [0.15, 0.2) is 47.0 Å². The Bertz CT molecular complexity index is 890. The predicted octanol–water partition coefficient (Wildman–Crippen LogP) is 2.97. The van der Waals surface area contributed by atoms with Crippen molar-refractivity contribution in [3.8, 4) is 17.0 Å². The van der Waals surface area contributed by atoms with Crippen molar-refractivity contribution in [2.45, 2.75) is 19.9 Å². The van der Waals surface area contributed by atoms with Crippen molar-refractivity contribution in [1.29, 1.82) is 0 Å². The van der Waals surface area contributed by atoms with Gasteiger partial charge in [0.1, 0.15) is 0 Å². The molecule has 0 atom stereocenters. The number of rotatable bonds is 6. The Labute approximate surface area is 151 Å². The molecule has 3 rings (SSSR count). The molecule has 0 spiro atoms. The second-order valence-electron chi connectivity index (χ2n) is 5.77. The normalized spacial score (nSPS) is 10.6. The van der Waals surface area contributed by atoms with Crippen LogP contribution >= 0.6 is 0 Å². The van der Waals surface area contributed by atoms with E-state index in [0.29, 0.717) is 29.6 Å². The maximum absolute atomic E-state index is 12.7. The molecule has 2 heterocycles. The number of hydrogen-bond donors (Lipinski definition) is 0. The SMILES string of the molecule is CCc1nnc(CN(C)C(=O)c2cccc(-c3ccc(OC)nc3)c2)o1. The zero-order valence-electron chi connectivity index (χ0n) is 15.0. The molecule has 7 heteroatoms. The minimum absolute atomic E-state index is 0.121. The third-order valence-electron chi connectivity index (χ3n) is 3.92. The summed E-state index contributed by atoms with van der Waals surface area (Å²) in [5.41, 5.74) is 2.40. The number of carbonyl (C=O) groups excluding carboxylic acids is 1. The Morgan fingerprint density at radius 2 is 1.96 bits per heavy atom. The number of nitrogens with zero attached hydrogens (tertiary/aromatic N) is 4.